The molecule has 1 aliphatic rings. The van der Waals surface area contributed by atoms with E-state index in [0.29, 0.717) is 13.1 Å². The molecule has 19 heavy (non-hydrogen) atoms. The van der Waals surface area contributed by atoms with Crippen LogP contribution in [0.4, 0.5) is 0 Å². The maximum Gasteiger partial charge on any atom is 0.335 e. The first-order chi connectivity index (χ1) is 8.97. The molecule has 0 aromatic heterocycles. The van der Waals surface area contributed by atoms with Crippen LogP contribution in [0, 0.1) is 5.92 Å². The molecule has 6 heteroatoms. The van der Waals surface area contributed by atoms with Gasteiger partial charge in [0.1, 0.15) is 0 Å². The number of rotatable bonds is 4. The lowest BCUT2D eigenvalue weighted by molar-refractivity contribution is -0.121. The van der Waals surface area contributed by atoms with Gasteiger partial charge >= 0.3 is 5.97 Å². The largest absolute Gasteiger partial charge is 0.478 e. The lowest BCUT2D eigenvalue weighted by Gasteiger charge is -2.16. The van der Waals surface area contributed by atoms with Gasteiger partial charge in [0.15, 0.2) is 0 Å². The van der Waals surface area contributed by atoms with Crippen molar-refractivity contribution >= 4 is 27.8 Å². The molecule has 1 heterocycles. The highest BCUT2D eigenvalue weighted by atomic mass is 79.9. The van der Waals surface area contributed by atoms with Gasteiger partial charge in [0.05, 0.1) is 11.5 Å². The molecule has 0 radical (unpaired) electrons. The topological polar surface area (TPSA) is 83.6 Å². The Hall–Kier alpha value is -1.40. The summed E-state index contributed by atoms with van der Waals surface area (Å²) in [7, 11) is 0. The maximum absolute atomic E-state index is 11.1. The van der Waals surface area contributed by atoms with Crippen LogP contribution < -0.4 is 5.73 Å². The van der Waals surface area contributed by atoms with E-state index in [2.05, 4.69) is 20.8 Å². The van der Waals surface area contributed by atoms with E-state index >= 15 is 0 Å². The molecule has 5 nitrogen and oxygen atoms in total. The van der Waals surface area contributed by atoms with Crippen molar-refractivity contribution in [3.05, 3.63) is 33.8 Å². The molecule has 0 saturated carbocycles. The SMILES string of the molecule is NC(=O)C1CCN(Cc2ccc(C(=O)O)cc2Br)C1. The molecule has 0 aliphatic carbocycles. The number of primary amides is 1. The van der Waals surface area contributed by atoms with Crippen molar-refractivity contribution in [3.63, 3.8) is 0 Å². The van der Waals surface area contributed by atoms with Gasteiger partial charge in [-0.05, 0) is 30.7 Å². The molecule has 3 N–H and O–H groups in total. The van der Waals surface area contributed by atoms with Crippen LogP contribution in [-0.2, 0) is 11.3 Å². The van der Waals surface area contributed by atoms with E-state index in [1.165, 1.54) is 0 Å². The van der Waals surface area contributed by atoms with Gasteiger partial charge in [-0.3, -0.25) is 9.69 Å². The van der Waals surface area contributed by atoms with E-state index < -0.39 is 5.97 Å². The highest BCUT2D eigenvalue weighted by Crippen LogP contribution is 2.24. The molecule has 1 aromatic carbocycles. The monoisotopic (exact) mass is 326 g/mol. The van der Waals surface area contributed by atoms with Crippen molar-refractivity contribution in [2.24, 2.45) is 11.7 Å². The van der Waals surface area contributed by atoms with Crippen molar-refractivity contribution in [3.8, 4) is 0 Å². The fourth-order valence-corrected chi connectivity index (χ4v) is 2.76. The molecule has 0 spiro atoms. The van der Waals surface area contributed by atoms with Gasteiger partial charge in [0, 0.05) is 17.6 Å². The van der Waals surface area contributed by atoms with Crippen LogP contribution in [0.2, 0.25) is 0 Å². The van der Waals surface area contributed by atoms with E-state index in [9.17, 15) is 9.59 Å². The number of carboxylic acid groups (broad SMARTS) is 1. The molecule has 1 fully saturated rings. The number of nitrogens with two attached hydrogens (primary N) is 1. The quantitative estimate of drug-likeness (QED) is 0.877. The maximum atomic E-state index is 11.1. The zero-order valence-electron chi connectivity index (χ0n) is 10.3. The van der Waals surface area contributed by atoms with Gasteiger partial charge in [-0.2, -0.15) is 0 Å². The number of halogens is 1. The molecule has 1 unspecified atom stereocenters. The fraction of sp³-hybridized carbons (Fsp3) is 0.385. The summed E-state index contributed by atoms with van der Waals surface area (Å²) < 4.78 is 0.773. The van der Waals surface area contributed by atoms with Crippen LogP contribution >= 0.6 is 15.9 Å². The van der Waals surface area contributed by atoms with Crippen molar-refractivity contribution in [1.29, 1.82) is 0 Å². The predicted molar refractivity (Wildman–Crippen MR) is 73.7 cm³/mol. The average Bonchev–Trinajstić information content (AvgIpc) is 2.80. The normalized spacial score (nSPS) is 19.5. The summed E-state index contributed by atoms with van der Waals surface area (Å²) in [6, 6.07) is 4.98. The predicted octanol–water partition coefficient (Wildman–Crippen LogP) is 1.45. The van der Waals surface area contributed by atoms with Crippen LogP contribution in [0.1, 0.15) is 22.3 Å². The lowest BCUT2D eigenvalue weighted by Crippen LogP contribution is -2.27. The first-order valence-electron chi connectivity index (χ1n) is 6.00. The van der Waals surface area contributed by atoms with Crippen LogP contribution in [0.3, 0.4) is 0 Å². The number of nitrogens with zero attached hydrogens (tertiary/aromatic N) is 1. The van der Waals surface area contributed by atoms with E-state index in [-0.39, 0.29) is 17.4 Å². The summed E-state index contributed by atoms with van der Waals surface area (Å²) in [5.41, 5.74) is 6.56. The van der Waals surface area contributed by atoms with Crippen LogP contribution in [0.15, 0.2) is 22.7 Å². The third-order valence-electron chi connectivity index (χ3n) is 3.37. The second-order valence-electron chi connectivity index (χ2n) is 4.73. The highest BCUT2D eigenvalue weighted by molar-refractivity contribution is 9.10. The Kier molecular flexibility index (Phi) is 4.21. The number of amides is 1. The molecule has 102 valence electrons. The molecule has 1 aromatic rings. The minimum Gasteiger partial charge on any atom is -0.478 e. The Morgan fingerprint density at radius 1 is 1.47 bits per heavy atom. The summed E-state index contributed by atoms with van der Waals surface area (Å²) in [6.07, 6.45) is 0.792. The Bertz CT molecular complexity index is 519. The molecular formula is C13H15BrN2O3. The first kappa shape index (κ1) is 14.0. The Morgan fingerprint density at radius 2 is 2.21 bits per heavy atom. The third-order valence-corrected chi connectivity index (χ3v) is 4.11. The number of likely N-dealkylation sites (tertiary alicyclic amines) is 1. The third kappa shape index (κ3) is 3.33. The smallest absolute Gasteiger partial charge is 0.335 e. The van der Waals surface area contributed by atoms with E-state index in [0.717, 1.165) is 23.0 Å². The molecule has 1 amide bonds. The van der Waals surface area contributed by atoms with E-state index in [1.54, 1.807) is 18.2 Å². The van der Waals surface area contributed by atoms with E-state index in [4.69, 9.17) is 10.8 Å². The molecule has 1 atom stereocenters. The zero-order chi connectivity index (χ0) is 14.0. The lowest BCUT2D eigenvalue weighted by atomic mass is 10.1. The molecular weight excluding hydrogens is 312 g/mol. The van der Waals surface area contributed by atoms with Crippen LogP contribution in [-0.4, -0.2) is 35.0 Å². The standard InChI is InChI=1S/C13H15BrN2O3/c14-11-5-8(13(18)19)1-2-9(11)6-16-4-3-10(7-16)12(15)17/h1-2,5,10H,3-4,6-7H2,(H2,15,17)(H,18,19). The zero-order valence-corrected chi connectivity index (χ0v) is 11.9. The molecule has 1 saturated heterocycles. The number of carboxylic acids is 1. The van der Waals surface area contributed by atoms with Crippen LogP contribution in [0.5, 0.6) is 0 Å². The second kappa shape index (κ2) is 5.71. The second-order valence-corrected chi connectivity index (χ2v) is 5.59. The van der Waals surface area contributed by atoms with E-state index in [1.807, 2.05) is 0 Å². The van der Waals surface area contributed by atoms with Gasteiger partial charge in [0.25, 0.3) is 0 Å². The average molecular weight is 327 g/mol. The summed E-state index contributed by atoms with van der Waals surface area (Å²) in [5.74, 6) is -1.26. The number of hydrogen-bond acceptors (Lipinski definition) is 3. The fourth-order valence-electron chi connectivity index (χ4n) is 2.26. The van der Waals surface area contributed by atoms with Gasteiger partial charge in [-0.25, -0.2) is 4.79 Å². The van der Waals surface area contributed by atoms with Crippen molar-refractivity contribution in [2.45, 2.75) is 13.0 Å². The Labute approximate surface area is 119 Å². The van der Waals surface area contributed by atoms with Gasteiger partial charge < -0.3 is 10.8 Å². The summed E-state index contributed by atoms with van der Waals surface area (Å²) in [6.45, 7) is 2.19. The number of benzene rings is 1. The van der Waals surface area contributed by atoms with Crippen molar-refractivity contribution in [1.82, 2.24) is 4.90 Å². The van der Waals surface area contributed by atoms with Crippen molar-refractivity contribution < 1.29 is 14.7 Å². The molecule has 2 rings (SSSR count). The van der Waals surface area contributed by atoms with Gasteiger partial charge in [0.2, 0.25) is 5.91 Å². The van der Waals surface area contributed by atoms with Gasteiger partial charge in [-0.15, -0.1) is 0 Å². The highest BCUT2D eigenvalue weighted by Gasteiger charge is 2.26. The number of aromatic carboxylic acids is 1. The summed E-state index contributed by atoms with van der Waals surface area (Å²) in [4.78, 5) is 24.1. The van der Waals surface area contributed by atoms with Gasteiger partial charge in [-0.1, -0.05) is 22.0 Å². The summed E-state index contributed by atoms with van der Waals surface area (Å²) >= 11 is 3.39. The van der Waals surface area contributed by atoms with Crippen molar-refractivity contribution in [2.75, 3.05) is 13.1 Å². The van der Waals surface area contributed by atoms with Crippen LogP contribution in [0.25, 0.3) is 0 Å². The number of carbonyl (C=O) groups is 2. The Morgan fingerprint density at radius 3 is 2.74 bits per heavy atom. The number of hydrogen-bond donors (Lipinski definition) is 2. The molecule has 0 bridgehead atoms. The molecule has 1 aliphatic heterocycles. The summed E-state index contributed by atoms with van der Waals surface area (Å²) in [5, 5.41) is 8.90. The Balaban J connectivity index is 2.04. The first-order valence-corrected chi connectivity index (χ1v) is 6.80. The number of carbonyl (C=O) groups excluding carboxylic acids is 1. The minimum atomic E-state index is -0.942. The minimum absolute atomic E-state index is 0.0722.